The molecule has 4 heteroatoms. The predicted octanol–water partition coefficient (Wildman–Crippen LogP) is 3.76. The van der Waals surface area contributed by atoms with E-state index in [9.17, 15) is 14.3 Å². The molecular formula is C17H24FNO2. The van der Waals surface area contributed by atoms with E-state index in [4.69, 9.17) is 0 Å². The maximum atomic E-state index is 13.1. The van der Waals surface area contributed by atoms with Crippen molar-refractivity contribution in [2.45, 2.75) is 51.6 Å². The van der Waals surface area contributed by atoms with E-state index >= 15 is 0 Å². The van der Waals surface area contributed by atoms with Gasteiger partial charge in [-0.25, -0.2) is 4.39 Å². The van der Waals surface area contributed by atoms with E-state index in [1.165, 1.54) is 12.1 Å². The van der Waals surface area contributed by atoms with Crippen molar-refractivity contribution >= 4 is 5.97 Å². The topological polar surface area (TPSA) is 49.3 Å². The normalized spacial score (nSPS) is 24.0. The summed E-state index contributed by atoms with van der Waals surface area (Å²) in [6, 6.07) is 6.93. The van der Waals surface area contributed by atoms with Gasteiger partial charge in [0.05, 0.1) is 5.92 Å². The maximum Gasteiger partial charge on any atom is 0.306 e. The molecule has 0 aliphatic heterocycles. The Labute approximate surface area is 125 Å². The quantitative estimate of drug-likeness (QED) is 0.869. The molecule has 2 rings (SSSR count). The fraction of sp³-hybridized carbons (Fsp3) is 0.588. The smallest absolute Gasteiger partial charge is 0.306 e. The second kappa shape index (κ2) is 7.03. The van der Waals surface area contributed by atoms with Crippen LogP contribution in [0.1, 0.15) is 51.1 Å². The highest BCUT2D eigenvalue weighted by Crippen LogP contribution is 2.29. The number of carbonyl (C=O) groups is 1. The van der Waals surface area contributed by atoms with Gasteiger partial charge in [0.25, 0.3) is 0 Å². The van der Waals surface area contributed by atoms with E-state index < -0.39 is 5.97 Å². The molecule has 1 fully saturated rings. The molecule has 1 aromatic rings. The SMILES string of the molecule is CC(C)C(NC1CCCC(C(=O)O)C1)c1ccc(F)cc1. The summed E-state index contributed by atoms with van der Waals surface area (Å²) in [6.07, 6.45) is 3.41. The van der Waals surface area contributed by atoms with Crippen LogP contribution in [0.4, 0.5) is 4.39 Å². The minimum atomic E-state index is -0.690. The summed E-state index contributed by atoms with van der Waals surface area (Å²) in [6.45, 7) is 4.25. The Bertz CT molecular complexity index is 472. The molecule has 0 radical (unpaired) electrons. The number of carboxylic acids is 1. The molecule has 1 saturated carbocycles. The molecule has 3 atom stereocenters. The Morgan fingerprint density at radius 2 is 1.95 bits per heavy atom. The molecule has 1 aromatic carbocycles. The van der Waals surface area contributed by atoms with Crippen LogP contribution >= 0.6 is 0 Å². The van der Waals surface area contributed by atoms with Crippen molar-refractivity contribution < 1.29 is 14.3 Å². The third-order valence-corrected chi connectivity index (χ3v) is 4.33. The van der Waals surface area contributed by atoms with Crippen molar-refractivity contribution in [2.75, 3.05) is 0 Å². The Hall–Kier alpha value is -1.42. The van der Waals surface area contributed by atoms with E-state index in [0.29, 0.717) is 12.3 Å². The van der Waals surface area contributed by atoms with Crippen molar-refractivity contribution in [3.8, 4) is 0 Å². The summed E-state index contributed by atoms with van der Waals surface area (Å²) >= 11 is 0. The lowest BCUT2D eigenvalue weighted by atomic mass is 9.84. The lowest BCUT2D eigenvalue weighted by Gasteiger charge is -2.33. The van der Waals surface area contributed by atoms with E-state index in [1.807, 2.05) is 12.1 Å². The zero-order chi connectivity index (χ0) is 15.4. The average molecular weight is 293 g/mol. The lowest BCUT2D eigenvalue weighted by molar-refractivity contribution is -0.143. The average Bonchev–Trinajstić information content (AvgIpc) is 2.46. The number of carboxylic acid groups (broad SMARTS) is 1. The van der Waals surface area contributed by atoms with Gasteiger partial charge in [0, 0.05) is 12.1 Å². The van der Waals surface area contributed by atoms with Gasteiger partial charge in [-0.05, 0) is 42.9 Å². The number of halogens is 1. The molecule has 1 aliphatic rings. The number of rotatable bonds is 5. The molecule has 0 bridgehead atoms. The first-order valence-corrected chi connectivity index (χ1v) is 7.71. The first kappa shape index (κ1) is 16.0. The molecule has 3 unspecified atom stereocenters. The monoisotopic (exact) mass is 293 g/mol. The zero-order valence-corrected chi connectivity index (χ0v) is 12.7. The highest BCUT2D eigenvalue weighted by Gasteiger charge is 2.29. The molecule has 0 spiro atoms. The second-order valence-electron chi connectivity index (χ2n) is 6.34. The Morgan fingerprint density at radius 1 is 1.29 bits per heavy atom. The van der Waals surface area contributed by atoms with Crippen LogP contribution in [0.3, 0.4) is 0 Å². The van der Waals surface area contributed by atoms with Gasteiger partial charge >= 0.3 is 5.97 Å². The fourth-order valence-electron chi connectivity index (χ4n) is 3.16. The fourth-order valence-corrected chi connectivity index (χ4v) is 3.16. The number of nitrogens with one attached hydrogen (secondary N) is 1. The minimum Gasteiger partial charge on any atom is -0.481 e. The summed E-state index contributed by atoms with van der Waals surface area (Å²) in [7, 11) is 0. The molecule has 0 amide bonds. The van der Waals surface area contributed by atoms with Crippen LogP contribution < -0.4 is 5.32 Å². The van der Waals surface area contributed by atoms with Crippen molar-refractivity contribution in [3.63, 3.8) is 0 Å². The molecule has 116 valence electrons. The highest BCUT2D eigenvalue weighted by atomic mass is 19.1. The van der Waals surface area contributed by atoms with E-state index in [2.05, 4.69) is 19.2 Å². The molecule has 0 saturated heterocycles. The van der Waals surface area contributed by atoms with Crippen molar-refractivity contribution in [1.29, 1.82) is 0 Å². The molecule has 0 heterocycles. The van der Waals surface area contributed by atoms with Gasteiger partial charge in [-0.15, -0.1) is 0 Å². The minimum absolute atomic E-state index is 0.128. The summed E-state index contributed by atoms with van der Waals surface area (Å²) in [5.74, 6) is -0.799. The van der Waals surface area contributed by atoms with Crippen LogP contribution in [0, 0.1) is 17.7 Å². The summed E-state index contributed by atoms with van der Waals surface area (Å²) in [4.78, 5) is 11.2. The molecule has 2 N–H and O–H groups in total. The summed E-state index contributed by atoms with van der Waals surface area (Å²) < 4.78 is 13.1. The zero-order valence-electron chi connectivity index (χ0n) is 12.7. The van der Waals surface area contributed by atoms with Gasteiger partial charge in [-0.1, -0.05) is 32.4 Å². The standard InChI is InChI=1S/C17H24FNO2/c1-11(2)16(12-6-8-14(18)9-7-12)19-15-5-3-4-13(10-15)17(20)21/h6-9,11,13,15-16,19H,3-5,10H2,1-2H3,(H,20,21). The summed E-state index contributed by atoms with van der Waals surface area (Å²) in [5, 5.41) is 12.8. The molecule has 21 heavy (non-hydrogen) atoms. The molecule has 0 aromatic heterocycles. The first-order chi connectivity index (χ1) is 9.97. The molecule has 1 aliphatic carbocycles. The maximum absolute atomic E-state index is 13.1. The Kier molecular flexibility index (Phi) is 5.34. The van der Waals surface area contributed by atoms with Crippen LogP contribution in [0.25, 0.3) is 0 Å². The third kappa shape index (κ3) is 4.27. The largest absolute Gasteiger partial charge is 0.481 e. The van der Waals surface area contributed by atoms with Gasteiger partial charge in [0.15, 0.2) is 0 Å². The molecule has 3 nitrogen and oxygen atoms in total. The van der Waals surface area contributed by atoms with Gasteiger partial charge in [0.1, 0.15) is 5.82 Å². The van der Waals surface area contributed by atoms with Crippen molar-refractivity contribution in [2.24, 2.45) is 11.8 Å². The number of benzene rings is 1. The van der Waals surface area contributed by atoms with Gasteiger partial charge in [-0.3, -0.25) is 4.79 Å². The van der Waals surface area contributed by atoms with Crippen molar-refractivity contribution in [1.82, 2.24) is 5.32 Å². The predicted molar refractivity (Wildman–Crippen MR) is 80.5 cm³/mol. The van der Waals surface area contributed by atoms with Crippen LogP contribution in [0.5, 0.6) is 0 Å². The van der Waals surface area contributed by atoms with Gasteiger partial charge in [0.2, 0.25) is 0 Å². The summed E-state index contributed by atoms with van der Waals surface area (Å²) in [5.41, 5.74) is 1.06. The number of aliphatic carboxylic acids is 1. The van der Waals surface area contributed by atoms with Crippen molar-refractivity contribution in [3.05, 3.63) is 35.6 Å². The number of hydrogen-bond donors (Lipinski definition) is 2. The first-order valence-electron chi connectivity index (χ1n) is 7.71. The van der Waals surface area contributed by atoms with Crippen LogP contribution in [0.2, 0.25) is 0 Å². The highest BCUT2D eigenvalue weighted by molar-refractivity contribution is 5.70. The van der Waals surface area contributed by atoms with Crippen LogP contribution in [-0.4, -0.2) is 17.1 Å². The van der Waals surface area contributed by atoms with Gasteiger partial charge < -0.3 is 10.4 Å². The van der Waals surface area contributed by atoms with Gasteiger partial charge in [-0.2, -0.15) is 0 Å². The number of hydrogen-bond acceptors (Lipinski definition) is 2. The lowest BCUT2D eigenvalue weighted by Crippen LogP contribution is -2.40. The second-order valence-corrected chi connectivity index (χ2v) is 6.34. The van der Waals surface area contributed by atoms with E-state index in [1.54, 1.807) is 0 Å². The van der Waals surface area contributed by atoms with Crippen LogP contribution in [-0.2, 0) is 4.79 Å². The van der Waals surface area contributed by atoms with Crippen LogP contribution in [0.15, 0.2) is 24.3 Å². The van der Waals surface area contributed by atoms with E-state index in [0.717, 1.165) is 24.8 Å². The Morgan fingerprint density at radius 3 is 2.52 bits per heavy atom. The molecular weight excluding hydrogens is 269 g/mol. The third-order valence-electron chi connectivity index (χ3n) is 4.33. The van der Waals surface area contributed by atoms with E-state index in [-0.39, 0.29) is 23.8 Å². The Balaban J connectivity index is 2.06.